The van der Waals surface area contributed by atoms with Crippen molar-refractivity contribution in [3.8, 4) is 0 Å². The summed E-state index contributed by atoms with van der Waals surface area (Å²) >= 11 is 0. The van der Waals surface area contributed by atoms with E-state index < -0.39 is 26.3 Å². The Morgan fingerprint density at radius 2 is 2.11 bits per heavy atom. The molecule has 0 heterocycles. The van der Waals surface area contributed by atoms with Crippen molar-refractivity contribution in [2.45, 2.75) is 49.6 Å². The Bertz CT molecular complexity index is 562. The van der Waals surface area contributed by atoms with Gasteiger partial charge in [-0.15, -0.1) is 0 Å². The van der Waals surface area contributed by atoms with Gasteiger partial charge < -0.3 is 5.11 Å². The van der Waals surface area contributed by atoms with Crippen LogP contribution in [-0.2, 0) is 16.6 Å². The topological polar surface area (TPSA) is 66.4 Å². The van der Waals surface area contributed by atoms with Gasteiger partial charge in [-0.1, -0.05) is 13.0 Å². The van der Waals surface area contributed by atoms with Gasteiger partial charge >= 0.3 is 0 Å². The van der Waals surface area contributed by atoms with E-state index in [0.717, 1.165) is 25.3 Å². The molecule has 1 aliphatic rings. The van der Waals surface area contributed by atoms with Gasteiger partial charge in [0.05, 0.1) is 6.61 Å². The number of hydrogen-bond donors (Lipinski definition) is 2. The number of nitrogens with one attached hydrogen (secondary N) is 1. The quantitative estimate of drug-likeness (QED) is 0.869. The average molecular weight is 287 g/mol. The van der Waals surface area contributed by atoms with E-state index in [4.69, 9.17) is 5.11 Å². The first kappa shape index (κ1) is 14.4. The van der Waals surface area contributed by atoms with Crippen LogP contribution in [0.2, 0.25) is 0 Å². The summed E-state index contributed by atoms with van der Waals surface area (Å²) in [7, 11) is -3.89. The Hall–Kier alpha value is -0.980. The van der Waals surface area contributed by atoms with Crippen LogP contribution < -0.4 is 4.72 Å². The molecule has 0 saturated heterocycles. The highest BCUT2D eigenvalue weighted by molar-refractivity contribution is 7.89. The van der Waals surface area contributed by atoms with E-state index in [0.29, 0.717) is 12.0 Å². The van der Waals surface area contributed by atoms with Crippen LogP contribution in [0.15, 0.2) is 23.1 Å². The smallest absolute Gasteiger partial charge is 0.243 e. The Morgan fingerprint density at radius 1 is 1.42 bits per heavy atom. The van der Waals surface area contributed by atoms with E-state index >= 15 is 0 Å². The van der Waals surface area contributed by atoms with E-state index in [2.05, 4.69) is 4.72 Å². The number of hydrogen-bond acceptors (Lipinski definition) is 3. The molecule has 106 valence electrons. The molecule has 0 aliphatic heterocycles. The molecule has 0 amide bonds. The minimum Gasteiger partial charge on any atom is -0.392 e. The van der Waals surface area contributed by atoms with Gasteiger partial charge in [0.1, 0.15) is 10.7 Å². The lowest BCUT2D eigenvalue weighted by atomic mass is 9.76. The molecule has 1 fully saturated rings. The Balaban J connectivity index is 2.34. The van der Waals surface area contributed by atoms with Gasteiger partial charge in [-0.3, -0.25) is 0 Å². The standard InChI is InChI=1S/C13H18FNO3S/c1-2-13(6-3-7-13)15-19(17,18)12-8-10(9-16)4-5-11(12)14/h4-5,8,15-16H,2-3,6-7,9H2,1H3. The van der Waals surface area contributed by atoms with E-state index in [1.807, 2.05) is 6.92 Å². The van der Waals surface area contributed by atoms with Crippen molar-refractivity contribution in [2.75, 3.05) is 0 Å². The van der Waals surface area contributed by atoms with Gasteiger partial charge in [-0.05, 0) is 43.4 Å². The third kappa shape index (κ3) is 2.80. The molecule has 1 aromatic carbocycles. The fourth-order valence-electron chi connectivity index (χ4n) is 2.32. The summed E-state index contributed by atoms with van der Waals surface area (Å²) in [5, 5.41) is 9.02. The first-order chi connectivity index (χ1) is 8.92. The molecule has 0 bridgehead atoms. The van der Waals surface area contributed by atoms with Crippen LogP contribution in [0.1, 0.15) is 38.2 Å². The SMILES string of the molecule is CCC1(NS(=O)(=O)c2cc(CO)ccc2F)CCC1. The Kier molecular flexibility index (Phi) is 3.94. The van der Waals surface area contributed by atoms with Crippen molar-refractivity contribution in [3.63, 3.8) is 0 Å². The van der Waals surface area contributed by atoms with Crippen LogP contribution in [0.5, 0.6) is 0 Å². The zero-order valence-electron chi connectivity index (χ0n) is 10.8. The molecule has 1 aliphatic carbocycles. The monoisotopic (exact) mass is 287 g/mol. The summed E-state index contributed by atoms with van der Waals surface area (Å²) in [5.74, 6) is -0.796. The summed E-state index contributed by atoms with van der Waals surface area (Å²) in [6.45, 7) is 1.60. The Labute approximate surface area is 112 Å². The van der Waals surface area contributed by atoms with Crippen LogP contribution in [0, 0.1) is 5.82 Å². The molecule has 0 radical (unpaired) electrons. The van der Waals surface area contributed by atoms with E-state index in [1.165, 1.54) is 12.1 Å². The van der Waals surface area contributed by atoms with Crippen LogP contribution >= 0.6 is 0 Å². The fourth-order valence-corrected chi connectivity index (χ4v) is 3.98. The van der Waals surface area contributed by atoms with Crippen molar-refractivity contribution < 1.29 is 17.9 Å². The van der Waals surface area contributed by atoms with E-state index in [9.17, 15) is 12.8 Å². The van der Waals surface area contributed by atoms with Gasteiger partial charge in [0, 0.05) is 5.54 Å². The number of rotatable bonds is 5. The van der Waals surface area contributed by atoms with E-state index in [1.54, 1.807) is 0 Å². The predicted molar refractivity (Wildman–Crippen MR) is 69.5 cm³/mol. The molecule has 0 aromatic heterocycles. The van der Waals surface area contributed by atoms with Gasteiger partial charge in [0.15, 0.2) is 0 Å². The van der Waals surface area contributed by atoms with Gasteiger partial charge in [-0.2, -0.15) is 0 Å². The maximum atomic E-state index is 13.7. The summed E-state index contributed by atoms with van der Waals surface area (Å²) in [6, 6.07) is 3.62. The zero-order valence-corrected chi connectivity index (χ0v) is 11.6. The van der Waals surface area contributed by atoms with Crippen LogP contribution in [-0.4, -0.2) is 19.1 Å². The highest BCUT2D eigenvalue weighted by Gasteiger charge is 2.39. The molecule has 4 nitrogen and oxygen atoms in total. The molecule has 2 rings (SSSR count). The largest absolute Gasteiger partial charge is 0.392 e. The summed E-state index contributed by atoms with van der Waals surface area (Å²) in [5.41, 5.74) is -0.0542. The highest BCUT2D eigenvalue weighted by Crippen LogP contribution is 2.36. The van der Waals surface area contributed by atoms with Crippen molar-refractivity contribution >= 4 is 10.0 Å². The molecular weight excluding hydrogens is 269 g/mol. The predicted octanol–water partition coefficient (Wildman–Crippen LogP) is 1.93. The molecule has 6 heteroatoms. The lowest BCUT2D eigenvalue weighted by molar-refractivity contribution is 0.213. The number of sulfonamides is 1. The summed E-state index contributed by atoms with van der Waals surface area (Å²) in [4.78, 5) is -0.390. The summed E-state index contributed by atoms with van der Waals surface area (Å²) in [6.07, 6.45) is 3.23. The maximum absolute atomic E-state index is 13.7. The molecule has 0 spiro atoms. The normalized spacial score (nSPS) is 18.1. The number of benzene rings is 1. The second kappa shape index (κ2) is 5.19. The van der Waals surface area contributed by atoms with E-state index in [-0.39, 0.29) is 6.61 Å². The molecule has 0 unspecified atom stereocenters. The zero-order chi connectivity index (χ0) is 14.1. The molecule has 19 heavy (non-hydrogen) atoms. The van der Waals surface area contributed by atoms with Gasteiger partial charge in [-0.25, -0.2) is 17.5 Å². The first-order valence-electron chi connectivity index (χ1n) is 6.36. The number of aliphatic hydroxyl groups excluding tert-OH is 1. The Morgan fingerprint density at radius 3 is 2.58 bits per heavy atom. The maximum Gasteiger partial charge on any atom is 0.243 e. The third-order valence-electron chi connectivity index (χ3n) is 3.81. The van der Waals surface area contributed by atoms with Crippen molar-refractivity contribution in [2.24, 2.45) is 0 Å². The number of aliphatic hydroxyl groups is 1. The molecular formula is C13H18FNO3S. The molecule has 1 aromatic rings. The average Bonchev–Trinajstić information content (AvgIpc) is 2.34. The summed E-state index contributed by atoms with van der Waals surface area (Å²) < 4.78 is 40.8. The first-order valence-corrected chi connectivity index (χ1v) is 7.84. The van der Waals surface area contributed by atoms with Gasteiger partial charge in [0.25, 0.3) is 0 Å². The van der Waals surface area contributed by atoms with Crippen molar-refractivity contribution in [1.82, 2.24) is 4.72 Å². The van der Waals surface area contributed by atoms with Crippen molar-refractivity contribution in [3.05, 3.63) is 29.6 Å². The third-order valence-corrected chi connectivity index (χ3v) is 5.40. The fraction of sp³-hybridized carbons (Fsp3) is 0.538. The van der Waals surface area contributed by atoms with Crippen molar-refractivity contribution in [1.29, 1.82) is 0 Å². The van der Waals surface area contributed by atoms with Crippen LogP contribution in [0.3, 0.4) is 0 Å². The lowest BCUT2D eigenvalue weighted by Gasteiger charge is -2.41. The molecule has 0 atom stereocenters. The lowest BCUT2D eigenvalue weighted by Crippen LogP contribution is -2.52. The van der Waals surface area contributed by atoms with Gasteiger partial charge in [0.2, 0.25) is 10.0 Å². The van der Waals surface area contributed by atoms with Crippen LogP contribution in [0.4, 0.5) is 4.39 Å². The number of halogens is 1. The molecule has 1 saturated carbocycles. The second-order valence-electron chi connectivity index (χ2n) is 5.02. The molecule has 2 N–H and O–H groups in total. The second-order valence-corrected chi connectivity index (χ2v) is 6.67. The van der Waals surface area contributed by atoms with Crippen LogP contribution in [0.25, 0.3) is 0 Å². The minimum absolute atomic E-state index is 0.318. The minimum atomic E-state index is -3.89. The highest BCUT2D eigenvalue weighted by atomic mass is 32.2.